The van der Waals surface area contributed by atoms with E-state index in [-0.39, 0.29) is 0 Å². The van der Waals surface area contributed by atoms with Crippen LogP contribution < -0.4 is 5.73 Å². The van der Waals surface area contributed by atoms with E-state index in [2.05, 4.69) is 24.0 Å². The second-order valence-corrected chi connectivity index (χ2v) is 5.91. The molecular weight excluding hydrogens is 272 g/mol. The standard InChI is InChI=1S/C16H25ClN2O/c1-2-8-20-15-4-3-7-19(12-15)11-14-6-5-13(10-18)9-16(14)17/h5-6,9,15H,2-4,7-8,10-12,18H2,1H3. The van der Waals surface area contributed by atoms with Crippen LogP contribution in [0.1, 0.15) is 37.3 Å². The van der Waals surface area contributed by atoms with Gasteiger partial charge >= 0.3 is 0 Å². The molecule has 2 N–H and O–H groups in total. The minimum Gasteiger partial charge on any atom is -0.377 e. The number of rotatable bonds is 6. The van der Waals surface area contributed by atoms with Crippen molar-refractivity contribution in [2.75, 3.05) is 19.7 Å². The first-order valence-electron chi connectivity index (χ1n) is 7.54. The third-order valence-corrected chi connectivity index (χ3v) is 4.12. The average molecular weight is 297 g/mol. The number of piperidine rings is 1. The fourth-order valence-corrected chi connectivity index (χ4v) is 2.93. The van der Waals surface area contributed by atoms with E-state index in [1.54, 1.807) is 0 Å². The van der Waals surface area contributed by atoms with E-state index < -0.39 is 0 Å². The number of benzene rings is 1. The Bertz CT molecular complexity index is 425. The molecule has 1 saturated heterocycles. The topological polar surface area (TPSA) is 38.5 Å². The van der Waals surface area contributed by atoms with Crippen LogP contribution in [-0.4, -0.2) is 30.7 Å². The largest absolute Gasteiger partial charge is 0.377 e. The zero-order chi connectivity index (χ0) is 14.4. The van der Waals surface area contributed by atoms with Crippen LogP contribution in [0.5, 0.6) is 0 Å². The summed E-state index contributed by atoms with van der Waals surface area (Å²) in [6.45, 7) is 6.59. The molecule has 0 amide bonds. The van der Waals surface area contributed by atoms with Gasteiger partial charge in [0.15, 0.2) is 0 Å². The molecule has 1 fully saturated rings. The zero-order valence-electron chi connectivity index (χ0n) is 12.3. The van der Waals surface area contributed by atoms with Crippen molar-refractivity contribution >= 4 is 11.6 Å². The predicted octanol–water partition coefficient (Wildman–Crippen LogP) is 3.19. The Morgan fingerprint density at radius 2 is 2.30 bits per heavy atom. The van der Waals surface area contributed by atoms with Crippen LogP contribution in [0, 0.1) is 0 Å². The van der Waals surface area contributed by atoms with Gasteiger partial charge in [-0.15, -0.1) is 0 Å². The van der Waals surface area contributed by atoms with Crippen LogP contribution in [0.3, 0.4) is 0 Å². The summed E-state index contributed by atoms with van der Waals surface area (Å²) in [4.78, 5) is 2.44. The van der Waals surface area contributed by atoms with Gasteiger partial charge in [-0.2, -0.15) is 0 Å². The fraction of sp³-hybridized carbons (Fsp3) is 0.625. The molecule has 1 unspecified atom stereocenters. The molecule has 1 heterocycles. The molecule has 0 radical (unpaired) electrons. The van der Waals surface area contributed by atoms with Crippen molar-refractivity contribution in [3.05, 3.63) is 34.3 Å². The molecule has 0 saturated carbocycles. The zero-order valence-corrected chi connectivity index (χ0v) is 13.0. The minimum atomic E-state index is 0.380. The van der Waals surface area contributed by atoms with Gasteiger partial charge in [0.1, 0.15) is 0 Å². The summed E-state index contributed by atoms with van der Waals surface area (Å²) < 4.78 is 5.88. The van der Waals surface area contributed by atoms with Gasteiger partial charge in [0.2, 0.25) is 0 Å². The van der Waals surface area contributed by atoms with E-state index in [1.165, 1.54) is 18.4 Å². The van der Waals surface area contributed by atoms with Crippen molar-refractivity contribution < 1.29 is 4.74 Å². The SMILES string of the molecule is CCCOC1CCCN(Cc2ccc(CN)cc2Cl)C1. The predicted molar refractivity (Wildman–Crippen MR) is 83.9 cm³/mol. The molecule has 1 aliphatic heterocycles. The Hall–Kier alpha value is -0.610. The van der Waals surface area contributed by atoms with Crippen LogP contribution in [0.15, 0.2) is 18.2 Å². The first-order chi connectivity index (χ1) is 9.72. The summed E-state index contributed by atoms with van der Waals surface area (Å²) in [5, 5.41) is 0.824. The molecule has 0 aliphatic carbocycles. The highest BCUT2D eigenvalue weighted by atomic mass is 35.5. The summed E-state index contributed by atoms with van der Waals surface area (Å²) in [5.41, 5.74) is 7.90. The minimum absolute atomic E-state index is 0.380. The van der Waals surface area contributed by atoms with E-state index in [4.69, 9.17) is 22.1 Å². The maximum absolute atomic E-state index is 6.33. The summed E-state index contributed by atoms with van der Waals surface area (Å²) in [7, 11) is 0. The number of nitrogens with zero attached hydrogens (tertiary/aromatic N) is 1. The molecule has 1 aliphatic rings. The van der Waals surface area contributed by atoms with Crippen molar-refractivity contribution in [1.29, 1.82) is 0 Å². The number of halogens is 1. The van der Waals surface area contributed by atoms with Gasteiger partial charge in [-0.1, -0.05) is 30.7 Å². The summed E-state index contributed by atoms with van der Waals surface area (Å²) in [5.74, 6) is 0. The molecule has 4 heteroatoms. The quantitative estimate of drug-likeness (QED) is 0.876. The smallest absolute Gasteiger partial charge is 0.0702 e. The Kier molecular flexibility index (Phi) is 6.30. The number of hydrogen-bond acceptors (Lipinski definition) is 3. The van der Waals surface area contributed by atoms with E-state index in [1.807, 2.05) is 6.07 Å². The lowest BCUT2D eigenvalue weighted by atomic mass is 10.1. The first kappa shape index (κ1) is 15.8. The molecule has 0 spiro atoms. The molecule has 20 heavy (non-hydrogen) atoms. The number of ether oxygens (including phenoxy) is 1. The Morgan fingerprint density at radius 3 is 3.00 bits per heavy atom. The van der Waals surface area contributed by atoms with Gasteiger partial charge in [-0.05, 0) is 43.0 Å². The molecule has 1 atom stereocenters. The maximum atomic E-state index is 6.33. The van der Waals surface area contributed by atoms with Gasteiger partial charge in [-0.3, -0.25) is 4.90 Å². The second kappa shape index (κ2) is 7.99. The van der Waals surface area contributed by atoms with E-state index in [9.17, 15) is 0 Å². The number of likely N-dealkylation sites (tertiary alicyclic amines) is 1. The lowest BCUT2D eigenvalue weighted by molar-refractivity contribution is -0.00222. The lowest BCUT2D eigenvalue weighted by Gasteiger charge is -2.32. The summed E-state index contributed by atoms with van der Waals surface area (Å²) in [6, 6.07) is 6.14. The van der Waals surface area contributed by atoms with Crippen LogP contribution >= 0.6 is 11.6 Å². The fourth-order valence-electron chi connectivity index (χ4n) is 2.66. The lowest BCUT2D eigenvalue weighted by Crippen LogP contribution is -2.39. The third-order valence-electron chi connectivity index (χ3n) is 3.77. The van der Waals surface area contributed by atoms with Gasteiger partial charge in [0, 0.05) is 31.3 Å². The van der Waals surface area contributed by atoms with Crippen molar-refractivity contribution in [3.63, 3.8) is 0 Å². The summed E-state index contributed by atoms with van der Waals surface area (Å²) >= 11 is 6.33. The van der Waals surface area contributed by atoms with E-state index in [0.29, 0.717) is 12.6 Å². The van der Waals surface area contributed by atoms with Crippen molar-refractivity contribution in [2.24, 2.45) is 5.73 Å². The molecule has 3 nitrogen and oxygen atoms in total. The van der Waals surface area contributed by atoms with Gasteiger partial charge in [0.25, 0.3) is 0 Å². The van der Waals surface area contributed by atoms with Crippen LogP contribution in [-0.2, 0) is 17.8 Å². The van der Waals surface area contributed by atoms with Gasteiger partial charge < -0.3 is 10.5 Å². The Labute approximate surface area is 127 Å². The van der Waals surface area contributed by atoms with Gasteiger partial charge in [0.05, 0.1) is 6.10 Å². The highest BCUT2D eigenvalue weighted by molar-refractivity contribution is 6.31. The van der Waals surface area contributed by atoms with Crippen molar-refractivity contribution in [2.45, 2.75) is 45.4 Å². The van der Waals surface area contributed by atoms with Crippen LogP contribution in [0.2, 0.25) is 5.02 Å². The monoisotopic (exact) mass is 296 g/mol. The summed E-state index contributed by atoms with van der Waals surface area (Å²) in [6.07, 6.45) is 3.84. The molecule has 112 valence electrons. The second-order valence-electron chi connectivity index (χ2n) is 5.50. The molecule has 2 rings (SSSR count). The number of nitrogens with two attached hydrogens (primary N) is 1. The maximum Gasteiger partial charge on any atom is 0.0702 e. The van der Waals surface area contributed by atoms with E-state index in [0.717, 1.165) is 43.2 Å². The van der Waals surface area contributed by atoms with Crippen molar-refractivity contribution in [3.8, 4) is 0 Å². The first-order valence-corrected chi connectivity index (χ1v) is 7.92. The van der Waals surface area contributed by atoms with Gasteiger partial charge in [-0.25, -0.2) is 0 Å². The molecule has 1 aromatic rings. The highest BCUT2D eigenvalue weighted by Crippen LogP contribution is 2.22. The Morgan fingerprint density at radius 1 is 1.45 bits per heavy atom. The van der Waals surface area contributed by atoms with Crippen LogP contribution in [0.25, 0.3) is 0 Å². The van der Waals surface area contributed by atoms with Crippen LogP contribution in [0.4, 0.5) is 0 Å². The van der Waals surface area contributed by atoms with Crippen molar-refractivity contribution in [1.82, 2.24) is 4.90 Å². The normalized spacial score (nSPS) is 20.2. The number of hydrogen-bond donors (Lipinski definition) is 1. The molecule has 1 aromatic carbocycles. The molecular formula is C16H25ClN2O. The van der Waals surface area contributed by atoms with E-state index >= 15 is 0 Å². The highest BCUT2D eigenvalue weighted by Gasteiger charge is 2.20. The molecule has 0 aromatic heterocycles. The average Bonchev–Trinajstić information content (AvgIpc) is 2.47. The third kappa shape index (κ3) is 4.45. The Balaban J connectivity index is 1.92. The molecule has 0 bridgehead atoms.